The first kappa shape index (κ1) is 19.2. The van der Waals surface area contributed by atoms with Gasteiger partial charge in [-0.2, -0.15) is 0 Å². The molecule has 2 atom stereocenters. The van der Waals surface area contributed by atoms with Crippen molar-refractivity contribution in [1.82, 2.24) is 4.90 Å². The lowest BCUT2D eigenvalue weighted by molar-refractivity contribution is -0.135. The van der Waals surface area contributed by atoms with Crippen LogP contribution in [0.3, 0.4) is 0 Å². The van der Waals surface area contributed by atoms with Gasteiger partial charge >= 0.3 is 0 Å². The van der Waals surface area contributed by atoms with Gasteiger partial charge in [0.1, 0.15) is 5.75 Å². The molecule has 0 unspecified atom stereocenters. The van der Waals surface area contributed by atoms with Crippen molar-refractivity contribution in [2.75, 3.05) is 26.8 Å². The smallest absolute Gasteiger partial charge is 0.223 e. The fourth-order valence-corrected chi connectivity index (χ4v) is 4.51. The van der Waals surface area contributed by atoms with E-state index < -0.39 is 0 Å². The van der Waals surface area contributed by atoms with Crippen molar-refractivity contribution in [3.8, 4) is 5.75 Å². The largest absolute Gasteiger partial charge is 0.496 e. The summed E-state index contributed by atoms with van der Waals surface area (Å²) >= 11 is 0. The average Bonchev–Trinajstić information content (AvgIpc) is 2.68. The average molecular weight is 360 g/mol. The maximum absolute atomic E-state index is 13.2. The lowest BCUT2D eigenvalue weighted by Gasteiger charge is -2.44. The molecule has 0 radical (unpaired) electrons. The van der Waals surface area contributed by atoms with Crippen molar-refractivity contribution in [2.45, 2.75) is 63.9 Å². The van der Waals surface area contributed by atoms with Gasteiger partial charge in [0.25, 0.3) is 0 Å². The van der Waals surface area contributed by atoms with Crippen LogP contribution < -0.4 is 4.74 Å². The molecule has 0 aromatic heterocycles. The number of piperidine rings is 1. The van der Waals surface area contributed by atoms with Crippen molar-refractivity contribution in [1.29, 1.82) is 0 Å². The highest BCUT2D eigenvalue weighted by Gasteiger charge is 2.43. The Hall–Kier alpha value is -1.55. The first-order valence-corrected chi connectivity index (χ1v) is 10.1. The van der Waals surface area contributed by atoms with E-state index in [-0.39, 0.29) is 11.5 Å². The molecule has 0 N–H and O–H groups in total. The zero-order valence-electron chi connectivity index (χ0n) is 16.5. The summed E-state index contributed by atoms with van der Waals surface area (Å²) in [5.41, 5.74) is 0.968. The molecule has 144 valence electrons. The summed E-state index contributed by atoms with van der Waals surface area (Å²) < 4.78 is 11.7. The number of nitrogens with zero attached hydrogens (tertiary/aromatic N) is 1. The molecular formula is C22H33NO3. The minimum Gasteiger partial charge on any atom is -0.496 e. The van der Waals surface area contributed by atoms with Crippen molar-refractivity contribution >= 4 is 5.91 Å². The van der Waals surface area contributed by atoms with Crippen LogP contribution >= 0.6 is 0 Å². The van der Waals surface area contributed by atoms with Crippen LogP contribution in [0.25, 0.3) is 0 Å². The molecule has 3 rings (SSSR count). The Balaban J connectivity index is 1.92. The van der Waals surface area contributed by atoms with Gasteiger partial charge in [-0.1, -0.05) is 32.0 Å². The first-order chi connectivity index (χ1) is 12.6. The fourth-order valence-electron chi connectivity index (χ4n) is 4.51. The van der Waals surface area contributed by atoms with E-state index in [0.717, 1.165) is 44.5 Å². The minimum atomic E-state index is -0.200. The van der Waals surface area contributed by atoms with Crippen LogP contribution in [0.15, 0.2) is 24.3 Å². The fraction of sp³-hybridized carbons (Fsp3) is 0.682. The highest BCUT2D eigenvalue weighted by Crippen LogP contribution is 2.45. The van der Waals surface area contributed by atoms with Crippen molar-refractivity contribution in [3.05, 3.63) is 29.8 Å². The Labute approximate surface area is 157 Å². The SMILES string of the molecule is COc1ccccc1[C@@]1(CC(=O)N2CCCCC2)CCO[C@@H](C(C)C)C1. The molecule has 26 heavy (non-hydrogen) atoms. The van der Waals surface area contributed by atoms with E-state index in [1.807, 2.05) is 12.1 Å². The van der Waals surface area contributed by atoms with Gasteiger partial charge in [0.15, 0.2) is 0 Å². The highest BCUT2D eigenvalue weighted by atomic mass is 16.5. The highest BCUT2D eigenvalue weighted by molar-refractivity contribution is 5.78. The number of carbonyl (C=O) groups is 1. The van der Waals surface area contributed by atoms with Crippen molar-refractivity contribution in [3.63, 3.8) is 0 Å². The Morgan fingerprint density at radius 1 is 1.27 bits per heavy atom. The van der Waals surface area contributed by atoms with Gasteiger partial charge in [0, 0.05) is 37.1 Å². The lowest BCUT2D eigenvalue weighted by atomic mass is 9.68. The summed E-state index contributed by atoms with van der Waals surface area (Å²) in [7, 11) is 1.72. The second-order valence-electron chi connectivity index (χ2n) is 8.21. The summed E-state index contributed by atoms with van der Waals surface area (Å²) in [6.45, 7) is 6.93. The molecule has 4 nitrogen and oxygen atoms in total. The Bertz CT molecular complexity index is 609. The zero-order valence-corrected chi connectivity index (χ0v) is 16.5. The number of benzene rings is 1. The van der Waals surface area contributed by atoms with Crippen LogP contribution in [-0.4, -0.2) is 43.7 Å². The predicted octanol–water partition coefficient (Wildman–Crippen LogP) is 4.17. The quantitative estimate of drug-likeness (QED) is 0.792. The standard InChI is InChI=1S/C22H33NO3/c1-17(2)20-15-22(11-14-26-20,18-9-5-6-10-19(18)25-3)16-21(24)23-12-7-4-8-13-23/h5-6,9-10,17,20H,4,7-8,11-16H2,1-3H3/t20-,22+/m1/s1. The van der Waals surface area contributed by atoms with Crippen LogP contribution in [0.5, 0.6) is 5.75 Å². The van der Waals surface area contributed by atoms with Gasteiger partial charge in [-0.15, -0.1) is 0 Å². The maximum Gasteiger partial charge on any atom is 0.223 e. The van der Waals surface area contributed by atoms with Crippen LogP contribution in [0, 0.1) is 5.92 Å². The topological polar surface area (TPSA) is 38.8 Å². The lowest BCUT2D eigenvalue weighted by Crippen LogP contribution is -2.46. The van der Waals surface area contributed by atoms with Gasteiger partial charge < -0.3 is 14.4 Å². The molecule has 2 aliphatic rings. The normalized spacial score (nSPS) is 26.8. The van der Waals surface area contributed by atoms with Crippen molar-refractivity contribution < 1.29 is 14.3 Å². The summed E-state index contributed by atoms with van der Waals surface area (Å²) in [4.78, 5) is 15.2. The Kier molecular flexibility index (Phi) is 6.23. The Morgan fingerprint density at radius 2 is 2.00 bits per heavy atom. The molecule has 1 amide bonds. The molecule has 2 saturated heterocycles. The maximum atomic E-state index is 13.2. The molecule has 1 aromatic carbocycles. The predicted molar refractivity (Wildman–Crippen MR) is 104 cm³/mol. The molecule has 2 heterocycles. The van der Waals surface area contributed by atoms with Gasteiger partial charge in [0.2, 0.25) is 5.91 Å². The van der Waals surface area contributed by atoms with Crippen LogP contribution in [-0.2, 0) is 14.9 Å². The number of ether oxygens (including phenoxy) is 2. The third-order valence-electron chi connectivity index (χ3n) is 6.12. The van der Waals surface area contributed by atoms with Gasteiger partial charge in [-0.3, -0.25) is 4.79 Å². The van der Waals surface area contributed by atoms with Crippen LogP contribution in [0.2, 0.25) is 0 Å². The molecule has 0 spiro atoms. The van der Waals surface area contributed by atoms with Crippen LogP contribution in [0.1, 0.15) is 57.9 Å². The van der Waals surface area contributed by atoms with E-state index in [4.69, 9.17) is 9.47 Å². The van der Waals surface area contributed by atoms with Gasteiger partial charge in [-0.05, 0) is 44.1 Å². The molecule has 4 heteroatoms. The number of hydrogen-bond acceptors (Lipinski definition) is 3. The first-order valence-electron chi connectivity index (χ1n) is 10.1. The van der Waals surface area contributed by atoms with E-state index in [0.29, 0.717) is 24.9 Å². The van der Waals surface area contributed by atoms with E-state index in [2.05, 4.69) is 30.9 Å². The van der Waals surface area contributed by atoms with E-state index in [1.165, 1.54) is 12.0 Å². The molecule has 1 aromatic rings. The number of para-hydroxylation sites is 1. The monoisotopic (exact) mass is 359 g/mol. The molecular weight excluding hydrogens is 326 g/mol. The van der Waals surface area contributed by atoms with E-state index in [9.17, 15) is 4.79 Å². The number of carbonyl (C=O) groups excluding carboxylic acids is 1. The van der Waals surface area contributed by atoms with E-state index >= 15 is 0 Å². The number of hydrogen-bond donors (Lipinski definition) is 0. The molecule has 2 aliphatic heterocycles. The third-order valence-corrected chi connectivity index (χ3v) is 6.12. The summed E-state index contributed by atoms with van der Waals surface area (Å²) in [5, 5.41) is 0. The molecule has 0 saturated carbocycles. The molecule has 0 bridgehead atoms. The second-order valence-corrected chi connectivity index (χ2v) is 8.21. The van der Waals surface area contributed by atoms with E-state index in [1.54, 1.807) is 7.11 Å². The number of likely N-dealkylation sites (tertiary alicyclic amines) is 1. The van der Waals surface area contributed by atoms with Gasteiger partial charge in [-0.25, -0.2) is 0 Å². The Morgan fingerprint density at radius 3 is 2.69 bits per heavy atom. The minimum absolute atomic E-state index is 0.183. The number of amides is 1. The number of methoxy groups -OCH3 is 1. The van der Waals surface area contributed by atoms with Crippen LogP contribution in [0.4, 0.5) is 0 Å². The molecule has 0 aliphatic carbocycles. The summed E-state index contributed by atoms with van der Waals surface area (Å²) in [6, 6.07) is 8.22. The van der Waals surface area contributed by atoms with Crippen molar-refractivity contribution in [2.24, 2.45) is 5.92 Å². The summed E-state index contributed by atoms with van der Waals surface area (Å²) in [5.74, 6) is 1.62. The van der Waals surface area contributed by atoms with Gasteiger partial charge in [0.05, 0.1) is 13.2 Å². The number of rotatable bonds is 5. The summed E-state index contributed by atoms with van der Waals surface area (Å²) in [6.07, 6.45) is 5.99. The second kappa shape index (κ2) is 8.43. The third kappa shape index (κ3) is 4.06. The zero-order chi connectivity index (χ0) is 18.6. The molecule has 2 fully saturated rings.